The predicted octanol–water partition coefficient (Wildman–Crippen LogP) is 1.62. The number of Topliss-reactive ketones (excluding diaryl/α,β-unsaturated/α-hetero) is 1. The number of ether oxygens (including phenoxy) is 1. The molecule has 1 heterocycles. The first-order valence-electron chi connectivity index (χ1n) is 7.10. The van der Waals surface area contributed by atoms with Crippen molar-refractivity contribution >= 4 is 21.8 Å². The van der Waals surface area contributed by atoms with Gasteiger partial charge in [0.05, 0.1) is 11.5 Å². The van der Waals surface area contributed by atoms with Crippen molar-refractivity contribution in [2.75, 3.05) is 13.2 Å². The summed E-state index contributed by atoms with van der Waals surface area (Å²) in [6, 6.07) is 5.81. The summed E-state index contributed by atoms with van der Waals surface area (Å²) in [5.74, 6) is -1.02. The molecular weight excluding hydrogens is 322 g/mol. The molecule has 124 valence electrons. The van der Waals surface area contributed by atoms with Gasteiger partial charge in [0.1, 0.15) is 12.0 Å². The highest BCUT2D eigenvalue weighted by atomic mass is 32.2. The van der Waals surface area contributed by atoms with Crippen LogP contribution in [0, 0.1) is 0 Å². The van der Waals surface area contributed by atoms with Crippen LogP contribution in [0.2, 0.25) is 0 Å². The molecule has 0 unspecified atom stereocenters. The topological polar surface area (TPSA) is 101 Å². The monoisotopic (exact) mass is 339 g/mol. The van der Waals surface area contributed by atoms with E-state index in [0.29, 0.717) is 6.26 Å². The summed E-state index contributed by atoms with van der Waals surface area (Å²) in [6.45, 7) is 1.82. The highest BCUT2D eigenvalue weighted by molar-refractivity contribution is 7.89. The molecular formula is C15H17NO6S. The highest BCUT2D eigenvalue weighted by Crippen LogP contribution is 2.32. The van der Waals surface area contributed by atoms with Gasteiger partial charge >= 0.3 is 5.97 Å². The lowest BCUT2D eigenvalue weighted by Crippen LogP contribution is -2.39. The molecule has 0 fully saturated rings. The third-order valence-electron chi connectivity index (χ3n) is 3.37. The Balaban J connectivity index is 2.28. The Morgan fingerprint density at radius 3 is 2.70 bits per heavy atom. The van der Waals surface area contributed by atoms with E-state index >= 15 is 0 Å². The molecule has 0 amide bonds. The van der Waals surface area contributed by atoms with E-state index in [1.54, 1.807) is 13.0 Å². The number of rotatable bonds is 5. The first-order chi connectivity index (χ1) is 10.9. The average Bonchev–Trinajstić information content (AvgIpc) is 2.53. The first-order valence-corrected chi connectivity index (χ1v) is 8.54. The molecule has 1 N–H and O–H groups in total. The van der Waals surface area contributed by atoms with Crippen LogP contribution in [0.4, 0.5) is 0 Å². The minimum Gasteiger partial charge on any atom is -0.513 e. The van der Waals surface area contributed by atoms with E-state index in [4.69, 9.17) is 4.74 Å². The zero-order chi connectivity index (χ0) is 17.0. The number of hydrogen-bond donors (Lipinski definition) is 1. The largest absolute Gasteiger partial charge is 0.513 e. The average molecular weight is 339 g/mol. The van der Waals surface area contributed by atoms with Crippen molar-refractivity contribution in [3.8, 4) is 0 Å². The van der Waals surface area contributed by atoms with Gasteiger partial charge < -0.3 is 9.84 Å². The predicted molar refractivity (Wildman–Crippen MR) is 81.2 cm³/mol. The van der Waals surface area contributed by atoms with Crippen LogP contribution in [0.1, 0.15) is 30.1 Å². The number of aliphatic hydroxyl groups excluding tert-OH is 1. The maximum absolute atomic E-state index is 12.6. The molecule has 0 spiro atoms. The second-order valence-electron chi connectivity index (χ2n) is 4.83. The molecule has 0 saturated carbocycles. The summed E-state index contributed by atoms with van der Waals surface area (Å²) in [7, 11) is -3.96. The molecule has 1 aromatic rings. The Morgan fingerprint density at radius 2 is 2.04 bits per heavy atom. The summed E-state index contributed by atoms with van der Waals surface area (Å²) < 4.78 is 30.9. The van der Waals surface area contributed by atoms with Crippen molar-refractivity contribution in [1.29, 1.82) is 0 Å². The van der Waals surface area contributed by atoms with Crippen LogP contribution in [0.5, 0.6) is 0 Å². The highest BCUT2D eigenvalue weighted by Gasteiger charge is 2.39. The van der Waals surface area contributed by atoms with Gasteiger partial charge in [0, 0.05) is 18.5 Å². The molecule has 0 aliphatic carbocycles. The van der Waals surface area contributed by atoms with Gasteiger partial charge in [0.15, 0.2) is 0 Å². The molecule has 0 atom stereocenters. The van der Waals surface area contributed by atoms with Crippen molar-refractivity contribution < 1.29 is 27.9 Å². The Labute approximate surface area is 134 Å². The second-order valence-corrected chi connectivity index (χ2v) is 6.66. The third-order valence-corrected chi connectivity index (χ3v) is 5.24. The van der Waals surface area contributed by atoms with E-state index in [1.165, 1.54) is 18.2 Å². The summed E-state index contributed by atoms with van der Waals surface area (Å²) in [6.07, 6.45) is 0.680. The summed E-state index contributed by atoms with van der Waals surface area (Å²) in [4.78, 5) is 23.6. The van der Waals surface area contributed by atoms with Gasteiger partial charge in [-0.15, -0.1) is 0 Å². The van der Waals surface area contributed by atoms with E-state index < -0.39 is 21.8 Å². The van der Waals surface area contributed by atoms with Crippen molar-refractivity contribution in [1.82, 2.24) is 4.31 Å². The number of aliphatic hydroxyl groups is 1. The fourth-order valence-electron chi connectivity index (χ4n) is 2.34. The standard InChI is InChI=1S/C15H17NO6S/c1-2-22-14(18)8-5-9-16-12(10-17)15(19)11-6-3-4-7-13(11)23(16,20)21/h3-4,6-7,10,17H,2,5,8-9H2,1H3/b12-10-. The molecule has 0 saturated heterocycles. The summed E-state index contributed by atoms with van der Waals surface area (Å²) in [5.41, 5.74) is -0.304. The van der Waals surface area contributed by atoms with Gasteiger partial charge in [0.25, 0.3) is 10.0 Å². The Morgan fingerprint density at radius 1 is 1.35 bits per heavy atom. The van der Waals surface area contributed by atoms with Gasteiger partial charge in [-0.25, -0.2) is 8.42 Å². The van der Waals surface area contributed by atoms with Crippen molar-refractivity contribution in [2.45, 2.75) is 24.7 Å². The molecule has 7 nitrogen and oxygen atoms in total. The van der Waals surface area contributed by atoms with Crippen molar-refractivity contribution in [2.24, 2.45) is 0 Å². The molecule has 23 heavy (non-hydrogen) atoms. The first kappa shape index (κ1) is 17.0. The van der Waals surface area contributed by atoms with Crippen LogP contribution >= 0.6 is 0 Å². The number of allylic oxidation sites excluding steroid dienone is 1. The number of fused-ring (bicyclic) bond motifs is 1. The number of nitrogens with zero attached hydrogens (tertiary/aromatic N) is 1. The van der Waals surface area contributed by atoms with Gasteiger partial charge in [-0.2, -0.15) is 0 Å². The molecule has 1 aliphatic rings. The normalized spacial score (nSPS) is 17.9. The van der Waals surface area contributed by atoms with Gasteiger partial charge in [-0.3, -0.25) is 13.9 Å². The zero-order valence-electron chi connectivity index (χ0n) is 12.6. The molecule has 8 heteroatoms. The number of carbonyl (C=O) groups excluding carboxylic acids is 2. The van der Waals surface area contributed by atoms with E-state index in [0.717, 1.165) is 4.31 Å². The molecule has 2 rings (SSSR count). The fourth-order valence-corrected chi connectivity index (χ4v) is 4.03. The van der Waals surface area contributed by atoms with Crippen LogP contribution in [0.15, 0.2) is 41.1 Å². The Bertz CT molecular complexity index is 753. The van der Waals surface area contributed by atoms with Crippen LogP contribution < -0.4 is 0 Å². The van der Waals surface area contributed by atoms with Crippen molar-refractivity contribution in [3.05, 3.63) is 41.8 Å². The minimum atomic E-state index is -3.96. The van der Waals surface area contributed by atoms with E-state index in [-0.39, 0.29) is 42.1 Å². The second kappa shape index (κ2) is 6.82. The van der Waals surface area contributed by atoms with Crippen LogP contribution in [0.25, 0.3) is 0 Å². The molecule has 0 aromatic heterocycles. The fraction of sp³-hybridized carbons (Fsp3) is 0.333. The third kappa shape index (κ3) is 3.21. The lowest BCUT2D eigenvalue weighted by molar-refractivity contribution is -0.143. The van der Waals surface area contributed by atoms with Gasteiger partial charge in [0.2, 0.25) is 5.78 Å². The van der Waals surface area contributed by atoms with Crippen LogP contribution in [0.3, 0.4) is 0 Å². The van der Waals surface area contributed by atoms with Crippen LogP contribution in [-0.2, 0) is 19.6 Å². The SMILES string of the molecule is CCOC(=O)CCCN1/C(=C\O)C(=O)c2ccccc2S1(=O)=O. The summed E-state index contributed by atoms with van der Waals surface area (Å²) in [5, 5.41) is 9.30. The molecule has 0 radical (unpaired) electrons. The number of esters is 1. The zero-order valence-corrected chi connectivity index (χ0v) is 13.4. The van der Waals surface area contributed by atoms with E-state index in [1.807, 2.05) is 0 Å². The molecule has 0 bridgehead atoms. The Kier molecular flexibility index (Phi) is 5.05. The lowest BCUT2D eigenvalue weighted by atomic mass is 10.1. The maximum atomic E-state index is 12.6. The van der Waals surface area contributed by atoms with Crippen LogP contribution in [-0.4, -0.2) is 42.7 Å². The number of carbonyl (C=O) groups is 2. The Hall–Kier alpha value is -2.35. The van der Waals surface area contributed by atoms with Gasteiger partial charge in [-0.1, -0.05) is 12.1 Å². The number of sulfonamides is 1. The van der Waals surface area contributed by atoms with E-state index in [2.05, 4.69) is 0 Å². The molecule has 1 aliphatic heterocycles. The maximum Gasteiger partial charge on any atom is 0.305 e. The number of ketones is 1. The summed E-state index contributed by atoms with van der Waals surface area (Å²) >= 11 is 0. The number of hydrogen-bond acceptors (Lipinski definition) is 6. The lowest BCUT2D eigenvalue weighted by Gasteiger charge is -2.30. The van der Waals surface area contributed by atoms with E-state index in [9.17, 15) is 23.1 Å². The quantitative estimate of drug-likeness (QED) is 0.497. The smallest absolute Gasteiger partial charge is 0.305 e. The molecule has 1 aromatic carbocycles. The number of benzene rings is 1. The van der Waals surface area contributed by atoms with Crippen molar-refractivity contribution in [3.63, 3.8) is 0 Å². The van der Waals surface area contributed by atoms with Gasteiger partial charge in [-0.05, 0) is 25.5 Å². The minimum absolute atomic E-state index is 0.0222.